The summed E-state index contributed by atoms with van der Waals surface area (Å²) in [6, 6.07) is 10.5. The van der Waals surface area contributed by atoms with E-state index in [1.807, 2.05) is 43.3 Å². The number of para-hydroxylation sites is 2. The van der Waals surface area contributed by atoms with Gasteiger partial charge in [0.2, 0.25) is 0 Å². The molecule has 2 heterocycles. The number of ether oxygens (including phenoxy) is 1. The highest BCUT2D eigenvalue weighted by Crippen LogP contribution is 2.34. The molecule has 0 saturated heterocycles. The molecule has 1 aliphatic heterocycles. The van der Waals surface area contributed by atoms with Gasteiger partial charge in [0.15, 0.2) is 0 Å². The lowest BCUT2D eigenvalue weighted by molar-refractivity contribution is 0.0938. The fourth-order valence-electron chi connectivity index (χ4n) is 2.82. The predicted molar refractivity (Wildman–Crippen MR) is 93.8 cm³/mol. The van der Waals surface area contributed by atoms with Crippen LogP contribution in [0.15, 0.2) is 42.6 Å². The normalized spacial score (nSPS) is 16.3. The Bertz CT molecular complexity index is 789. The van der Waals surface area contributed by atoms with Crippen molar-refractivity contribution in [3.8, 4) is 5.75 Å². The first kappa shape index (κ1) is 16.9. The van der Waals surface area contributed by atoms with Crippen molar-refractivity contribution in [2.75, 3.05) is 32.1 Å². The highest BCUT2D eigenvalue weighted by molar-refractivity contribution is 6.07. The van der Waals surface area contributed by atoms with E-state index in [0.717, 1.165) is 5.69 Å². The second kappa shape index (κ2) is 6.90. The molecule has 3 rings (SSSR count). The number of amides is 2. The maximum absolute atomic E-state index is 13.0. The first-order valence-corrected chi connectivity index (χ1v) is 7.94. The van der Waals surface area contributed by atoms with Crippen LogP contribution in [-0.2, 0) is 0 Å². The number of anilines is 1. The zero-order valence-corrected chi connectivity index (χ0v) is 14.2. The average molecular weight is 340 g/mol. The van der Waals surface area contributed by atoms with Crippen molar-refractivity contribution in [1.82, 2.24) is 9.88 Å². The van der Waals surface area contributed by atoms with E-state index in [-0.39, 0.29) is 17.7 Å². The number of nitrogens with two attached hydrogens (primary N) is 1. The number of hydrogen-bond donors (Lipinski definition) is 1. The summed E-state index contributed by atoms with van der Waals surface area (Å²) in [5.41, 5.74) is 6.44. The lowest BCUT2D eigenvalue weighted by atomic mass is 10.1. The summed E-state index contributed by atoms with van der Waals surface area (Å²) in [6.07, 6.45) is 1.24. The molecular formula is C18H20N4O3. The summed E-state index contributed by atoms with van der Waals surface area (Å²) in [5, 5.41) is 0. The van der Waals surface area contributed by atoms with Crippen LogP contribution in [0.1, 0.15) is 20.8 Å². The minimum atomic E-state index is -0.623. The van der Waals surface area contributed by atoms with Crippen molar-refractivity contribution < 1.29 is 14.3 Å². The van der Waals surface area contributed by atoms with Crippen LogP contribution in [0.4, 0.5) is 5.69 Å². The van der Waals surface area contributed by atoms with E-state index in [1.165, 1.54) is 12.3 Å². The number of carbonyl (C=O) groups is 2. The van der Waals surface area contributed by atoms with Gasteiger partial charge in [0, 0.05) is 12.7 Å². The van der Waals surface area contributed by atoms with Gasteiger partial charge in [-0.25, -0.2) is 0 Å². The molecule has 1 atom stereocenters. The van der Waals surface area contributed by atoms with Gasteiger partial charge >= 0.3 is 0 Å². The Hall–Kier alpha value is -2.93. The number of rotatable bonds is 4. The van der Waals surface area contributed by atoms with Gasteiger partial charge in [-0.1, -0.05) is 12.1 Å². The Morgan fingerprint density at radius 1 is 1.28 bits per heavy atom. The van der Waals surface area contributed by atoms with Gasteiger partial charge in [0.25, 0.3) is 11.8 Å². The van der Waals surface area contributed by atoms with Gasteiger partial charge in [-0.15, -0.1) is 0 Å². The first-order chi connectivity index (χ1) is 12.0. The van der Waals surface area contributed by atoms with Crippen LogP contribution in [0.2, 0.25) is 0 Å². The third kappa shape index (κ3) is 3.61. The molecule has 0 fully saturated rings. The van der Waals surface area contributed by atoms with E-state index in [4.69, 9.17) is 10.5 Å². The van der Waals surface area contributed by atoms with Crippen molar-refractivity contribution >= 4 is 17.5 Å². The van der Waals surface area contributed by atoms with Crippen LogP contribution in [0.3, 0.4) is 0 Å². The van der Waals surface area contributed by atoms with Gasteiger partial charge in [-0.05, 0) is 38.4 Å². The predicted octanol–water partition coefficient (Wildman–Crippen LogP) is 1.15. The fourth-order valence-corrected chi connectivity index (χ4v) is 2.82. The van der Waals surface area contributed by atoms with Crippen molar-refractivity contribution in [2.24, 2.45) is 5.73 Å². The van der Waals surface area contributed by atoms with Crippen LogP contribution in [-0.4, -0.2) is 55.0 Å². The lowest BCUT2D eigenvalue weighted by Gasteiger charge is -2.36. The van der Waals surface area contributed by atoms with E-state index >= 15 is 0 Å². The number of pyridine rings is 1. The third-order valence-corrected chi connectivity index (χ3v) is 3.91. The molecule has 1 unspecified atom stereocenters. The quantitative estimate of drug-likeness (QED) is 0.902. The van der Waals surface area contributed by atoms with Gasteiger partial charge < -0.3 is 20.3 Å². The Balaban J connectivity index is 1.90. The molecule has 0 aliphatic carbocycles. The Morgan fingerprint density at radius 2 is 2.04 bits per heavy atom. The number of nitrogens with zero attached hydrogens (tertiary/aromatic N) is 3. The molecule has 1 aliphatic rings. The second-order valence-corrected chi connectivity index (χ2v) is 6.18. The standard InChI is InChI=1S/C18H20N4O3/c1-21(2)10-13-11-22(15-5-3-4-6-16(15)25-13)18(24)12-7-8-14(17(19)23)20-9-12/h3-9,13H,10-11H2,1-2H3,(H2,19,23). The first-order valence-electron chi connectivity index (χ1n) is 7.94. The number of likely N-dealkylation sites (N-methyl/N-ethyl adjacent to an activating group) is 1. The zero-order valence-electron chi connectivity index (χ0n) is 14.2. The minimum absolute atomic E-state index is 0.129. The van der Waals surface area contributed by atoms with E-state index < -0.39 is 5.91 Å². The largest absolute Gasteiger partial charge is 0.485 e. The molecule has 130 valence electrons. The van der Waals surface area contributed by atoms with Gasteiger partial charge in [0.1, 0.15) is 17.5 Å². The van der Waals surface area contributed by atoms with Crippen LogP contribution in [0.5, 0.6) is 5.75 Å². The Morgan fingerprint density at radius 3 is 2.68 bits per heavy atom. The summed E-state index contributed by atoms with van der Waals surface area (Å²) in [4.78, 5) is 31.8. The number of benzene rings is 1. The average Bonchev–Trinajstić information content (AvgIpc) is 2.60. The highest BCUT2D eigenvalue weighted by Gasteiger charge is 2.30. The molecule has 25 heavy (non-hydrogen) atoms. The minimum Gasteiger partial charge on any atom is -0.485 e. The number of primary amides is 1. The molecule has 0 saturated carbocycles. The van der Waals surface area contributed by atoms with Crippen LogP contribution >= 0.6 is 0 Å². The van der Waals surface area contributed by atoms with E-state index in [2.05, 4.69) is 4.98 Å². The van der Waals surface area contributed by atoms with Gasteiger partial charge in [0.05, 0.1) is 17.8 Å². The summed E-state index contributed by atoms with van der Waals surface area (Å²) in [7, 11) is 3.92. The number of carbonyl (C=O) groups excluding carboxylic acids is 2. The van der Waals surface area contributed by atoms with Crippen molar-refractivity contribution in [3.05, 3.63) is 53.9 Å². The fraction of sp³-hybridized carbons (Fsp3) is 0.278. The molecule has 1 aromatic carbocycles. The van der Waals surface area contributed by atoms with Crippen LogP contribution in [0.25, 0.3) is 0 Å². The summed E-state index contributed by atoms with van der Waals surface area (Å²) in [6.45, 7) is 1.13. The molecular weight excluding hydrogens is 320 g/mol. The number of aromatic nitrogens is 1. The van der Waals surface area contributed by atoms with Crippen molar-refractivity contribution in [3.63, 3.8) is 0 Å². The third-order valence-electron chi connectivity index (χ3n) is 3.91. The topological polar surface area (TPSA) is 88.8 Å². The molecule has 7 nitrogen and oxygen atoms in total. The molecule has 7 heteroatoms. The maximum atomic E-state index is 13.0. The monoisotopic (exact) mass is 340 g/mol. The van der Waals surface area contributed by atoms with Gasteiger partial charge in [-0.2, -0.15) is 0 Å². The van der Waals surface area contributed by atoms with Crippen molar-refractivity contribution in [2.45, 2.75) is 6.10 Å². The smallest absolute Gasteiger partial charge is 0.267 e. The molecule has 0 spiro atoms. The zero-order chi connectivity index (χ0) is 18.0. The van der Waals surface area contributed by atoms with E-state index in [9.17, 15) is 9.59 Å². The lowest BCUT2D eigenvalue weighted by Crippen LogP contribution is -2.47. The molecule has 1 aromatic heterocycles. The molecule has 0 radical (unpaired) electrons. The molecule has 2 N–H and O–H groups in total. The van der Waals surface area contributed by atoms with E-state index in [1.54, 1.807) is 11.0 Å². The number of fused-ring (bicyclic) bond motifs is 1. The van der Waals surface area contributed by atoms with Crippen molar-refractivity contribution in [1.29, 1.82) is 0 Å². The SMILES string of the molecule is CN(C)CC1CN(C(=O)c2ccc(C(N)=O)nc2)c2ccccc2O1. The molecule has 0 bridgehead atoms. The Kier molecular flexibility index (Phi) is 4.67. The molecule has 2 aromatic rings. The number of hydrogen-bond acceptors (Lipinski definition) is 5. The highest BCUT2D eigenvalue weighted by atomic mass is 16.5. The second-order valence-electron chi connectivity index (χ2n) is 6.18. The summed E-state index contributed by atoms with van der Waals surface area (Å²) < 4.78 is 6.00. The maximum Gasteiger partial charge on any atom is 0.267 e. The van der Waals surface area contributed by atoms with Crippen LogP contribution < -0.4 is 15.4 Å². The molecule has 2 amide bonds. The Labute approximate surface area is 146 Å². The van der Waals surface area contributed by atoms with E-state index in [0.29, 0.717) is 24.4 Å². The summed E-state index contributed by atoms with van der Waals surface area (Å²) in [5.74, 6) is -0.138. The van der Waals surface area contributed by atoms with Crippen LogP contribution in [0, 0.1) is 0 Å². The summed E-state index contributed by atoms with van der Waals surface area (Å²) >= 11 is 0. The van der Waals surface area contributed by atoms with Gasteiger partial charge in [-0.3, -0.25) is 14.6 Å².